The Labute approximate surface area is 187 Å². The van der Waals surface area contributed by atoms with Gasteiger partial charge in [-0.3, -0.25) is 14.8 Å². The highest BCUT2D eigenvalue weighted by molar-refractivity contribution is 5.96. The molecule has 32 heavy (non-hydrogen) atoms. The minimum Gasteiger partial charge on any atom is -0.466 e. The lowest BCUT2D eigenvalue weighted by Gasteiger charge is -2.12. The second-order valence-electron chi connectivity index (χ2n) is 7.96. The first-order valence-corrected chi connectivity index (χ1v) is 10.5. The van der Waals surface area contributed by atoms with Crippen LogP contribution in [0.3, 0.4) is 0 Å². The van der Waals surface area contributed by atoms with E-state index >= 15 is 0 Å². The molecule has 3 aromatic rings. The van der Waals surface area contributed by atoms with Crippen LogP contribution in [0.4, 0.5) is 5.69 Å². The first-order valence-electron chi connectivity index (χ1n) is 10.5. The SMILES string of the molecule is COC(=O)C1=Cc2cc(NCc3cc(CC(=O)Cc4ccncc4)ccc3C)cnc2C1. The number of esters is 1. The Balaban J connectivity index is 1.40. The smallest absolute Gasteiger partial charge is 0.334 e. The number of pyridine rings is 2. The van der Waals surface area contributed by atoms with Crippen molar-refractivity contribution in [3.63, 3.8) is 0 Å². The zero-order chi connectivity index (χ0) is 22.5. The number of hydrogen-bond acceptors (Lipinski definition) is 6. The Morgan fingerprint density at radius 3 is 2.62 bits per heavy atom. The van der Waals surface area contributed by atoms with Crippen LogP contribution in [-0.4, -0.2) is 28.8 Å². The van der Waals surface area contributed by atoms with E-state index in [1.54, 1.807) is 18.6 Å². The topological polar surface area (TPSA) is 81.2 Å². The van der Waals surface area contributed by atoms with Crippen LogP contribution < -0.4 is 5.32 Å². The van der Waals surface area contributed by atoms with Crippen LogP contribution in [0, 0.1) is 6.92 Å². The fourth-order valence-electron chi connectivity index (χ4n) is 3.80. The summed E-state index contributed by atoms with van der Waals surface area (Å²) in [5.74, 6) is -0.140. The highest BCUT2D eigenvalue weighted by Gasteiger charge is 2.20. The number of nitrogens with one attached hydrogen (secondary N) is 1. The van der Waals surface area contributed by atoms with Gasteiger partial charge in [-0.2, -0.15) is 0 Å². The number of ketones is 1. The number of methoxy groups -OCH3 is 1. The number of fused-ring (bicyclic) bond motifs is 1. The quantitative estimate of drug-likeness (QED) is 0.550. The van der Waals surface area contributed by atoms with Crippen molar-refractivity contribution in [3.8, 4) is 0 Å². The fourth-order valence-corrected chi connectivity index (χ4v) is 3.80. The predicted octanol–water partition coefficient (Wildman–Crippen LogP) is 3.86. The second-order valence-corrected chi connectivity index (χ2v) is 7.96. The summed E-state index contributed by atoms with van der Waals surface area (Å²) < 4.78 is 4.81. The van der Waals surface area contributed by atoms with Crippen molar-refractivity contribution < 1.29 is 14.3 Å². The van der Waals surface area contributed by atoms with Gasteiger partial charge in [0.1, 0.15) is 5.78 Å². The van der Waals surface area contributed by atoms with Gasteiger partial charge in [-0.1, -0.05) is 18.2 Å². The van der Waals surface area contributed by atoms with E-state index < -0.39 is 0 Å². The molecular formula is C26H25N3O3. The van der Waals surface area contributed by atoms with Crippen LogP contribution in [0.2, 0.25) is 0 Å². The zero-order valence-corrected chi connectivity index (χ0v) is 18.2. The van der Waals surface area contributed by atoms with Crippen LogP contribution >= 0.6 is 0 Å². The summed E-state index contributed by atoms with van der Waals surface area (Å²) >= 11 is 0. The Bertz CT molecular complexity index is 1190. The normalized spacial score (nSPS) is 12.1. The summed E-state index contributed by atoms with van der Waals surface area (Å²) in [5, 5.41) is 3.41. The first-order chi connectivity index (χ1) is 15.5. The lowest BCUT2D eigenvalue weighted by molar-refractivity contribution is -0.136. The summed E-state index contributed by atoms with van der Waals surface area (Å²) in [6.45, 7) is 2.68. The second kappa shape index (κ2) is 9.56. The highest BCUT2D eigenvalue weighted by Crippen LogP contribution is 2.26. The van der Waals surface area contributed by atoms with E-state index in [0.29, 0.717) is 31.4 Å². The third-order valence-corrected chi connectivity index (χ3v) is 5.59. The van der Waals surface area contributed by atoms with Crippen molar-refractivity contribution in [3.05, 3.63) is 94.1 Å². The van der Waals surface area contributed by atoms with E-state index in [1.807, 2.05) is 30.3 Å². The van der Waals surface area contributed by atoms with Crippen molar-refractivity contribution in [1.82, 2.24) is 9.97 Å². The monoisotopic (exact) mass is 427 g/mol. The largest absolute Gasteiger partial charge is 0.466 e. The molecule has 2 aromatic heterocycles. The molecule has 0 aliphatic heterocycles. The number of rotatable bonds is 8. The van der Waals surface area contributed by atoms with Gasteiger partial charge in [0.25, 0.3) is 0 Å². The molecule has 0 atom stereocenters. The number of carbonyl (C=O) groups is 2. The van der Waals surface area contributed by atoms with Crippen molar-refractivity contribution in [1.29, 1.82) is 0 Å². The van der Waals surface area contributed by atoms with Gasteiger partial charge >= 0.3 is 5.97 Å². The summed E-state index contributed by atoms with van der Waals surface area (Å²) in [7, 11) is 1.38. The van der Waals surface area contributed by atoms with Gasteiger partial charge in [0.2, 0.25) is 0 Å². The van der Waals surface area contributed by atoms with Crippen LogP contribution in [0.15, 0.2) is 60.6 Å². The molecule has 2 heterocycles. The third kappa shape index (κ3) is 5.09. The molecule has 0 amide bonds. The first kappa shape index (κ1) is 21.4. The number of anilines is 1. The summed E-state index contributed by atoms with van der Waals surface area (Å²) in [6.07, 6.45) is 8.33. The molecule has 0 saturated carbocycles. The van der Waals surface area contributed by atoms with Crippen molar-refractivity contribution in [2.75, 3.05) is 12.4 Å². The van der Waals surface area contributed by atoms with Gasteiger partial charge in [-0.05, 0) is 59.0 Å². The standard InChI is InChI=1S/C26H25N3O3/c1-17-3-4-19(11-24(30)10-18-5-7-27-8-6-18)9-22(17)15-28-23-13-20-12-21(26(31)32-2)14-25(20)29-16-23/h3-9,12-13,16,28H,10-11,14-15H2,1-2H3. The van der Waals surface area contributed by atoms with E-state index in [0.717, 1.165) is 39.2 Å². The van der Waals surface area contributed by atoms with E-state index in [4.69, 9.17) is 4.74 Å². The predicted molar refractivity (Wildman–Crippen MR) is 123 cm³/mol. The van der Waals surface area contributed by atoms with Gasteiger partial charge in [0, 0.05) is 43.8 Å². The maximum atomic E-state index is 12.5. The number of aromatic nitrogens is 2. The maximum Gasteiger partial charge on any atom is 0.334 e. The van der Waals surface area contributed by atoms with Gasteiger partial charge in [-0.25, -0.2) is 4.79 Å². The molecule has 1 N–H and O–H groups in total. The van der Waals surface area contributed by atoms with E-state index in [1.165, 1.54) is 7.11 Å². The number of nitrogens with zero attached hydrogens (tertiary/aromatic N) is 2. The molecule has 0 spiro atoms. The molecule has 0 bridgehead atoms. The van der Waals surface area contributed by atoms with Crippen LogP contribution in [0.25, 0.3) is 6.08 Å². The minimum atomic E-state index is -0.316. The molecular weight excluding hydrogens is 402 g/mol. The lowest BCUT2D eigenvalue weighted by atomic mass is 9.99. The van der Waals surface area contributed by atoms with E-state index in [2.05, 4.69) is 34.3 Å². The van der Waals surface area contributed by atoms with E-state index in [9.17, 15) is 9.59 Å². The van der Waals surface area contributed by atoms with Crippen molar-refractivity contribution >= 4 is 23.5 Å². The number of carbonyl (C=O) groups excluding carboxylic acids is 2. The summed E-state index contributed by atoms with van der Waals surface area (Å²) in [5.41, 5.74) is 7.58. The molecule has 1 aromatic carbocycles. The number of hydrogen-bond donors (Lipinski definition) is 1. The number of Topliss-reactive ketones (excluding diaryl/α,β-unsaturated/α-hetero) is 1. The number of aryl methyl sites for hydroxylation is 1. The minimum absolute atomic E-state index is 0.176. The average Bonchev–Trinajstić information content (AvgIpc) is 3.23. The van der Waals surface area contributed by atoms with Gasteiger partial charge in [-0.15, -0.1) is 0 Å². The van der Waals surface area contributed by atoms with Crippen molar-refractivity contribution in [2.45, 2.75) is 32.7 Å². The molecule has 0 radical (unpaired) electrons. The molecule has 162 valence electrons. The molecule has 4 rings (SSSR count). The van der Waals surface area contributed by atoms with Crippen LogP contribution in [0.1, 0.15) is 33.5 Å². The molecule has 0 fully saturated rings. The van der Waals surface area contributed by atoms with Gasteiger partial charge in [0.05, 0.1) is 24.7 Å². The highest BCUT2D eigenvalue weighted by atomic mass is 16.5. The zero-order valence-electron chi connectivity index (χ0n) is 18.2. The Kier molecular flexibility index (Phi) is 6.40. The Hall–Kier alpha value is -3.80. The summed E-state index contributed by atoms with van der Waals surface area (Å²) in [4.78, 5) is 32.7. The number of benzene rings is 1. The van der Waals surface area contributed by atoms with E-state index in [-0.39, 0.29) is 11.8 Å². The fraction of sp³-hybridized carbons (Fsp3) is 0.231. The van der Waals surface area contributed by atoms with Crippen LogP contribution in [-0.2, 0) is 40.1 Å². The molecule has 6 nitrogen and oxygen atoms in total. The Morgan fingerprint density at radius 1 is 1.06 bits per heavy atom. The average molecular weight is 428 g/mol. The molecule has 6 heteroatoms. The third-order valence-electron chi connectivity index (χ3n) is 5.59. The van der Waals surface area contributed by atoms with Crippen LogP contribution in [0.5, 0.6) is 0 Å². The summed E-state index contributed by atoms with van der Waals surface area (Å²) in [6, 6.07) is 11.9. The van der Waals surface area contributed by atoms with Gasteiger partial charge < -0.3 is 10.1 Å². The number of ether oxygens (including phenoxy) is 1. The Morgan fingerprint density at radius 2 is 1.84 bits per heavy atom. The maximum absolute atomic E-state index is 12.5. The van der Waals surface area contributed by atoms with Gasteiger partial charge in [0.15, 0.2) is 0 Å². The lowest BCUT2D eigenvalue weighted by Crippen LogP contribution is -2.08. The molecule has 0 saturated heterocycles. The van der Waals surface area contributed by atoms with Crippen molar-refractivity contribution in [2.24, 2.45) is 0 Å². The molecule has 0 unspecified atom stereocenters. The molecule has 1 aliphatic carbocycles. The molecule has 1 aliphatic rings.